The first-order chi connectivity index (χ1) is 13.8. The Morgan fingerprint density at radius 1 is 0.966 bits per heavy atom. The van der Waals surface area contributed by atoms with Gasteiger partial charge in [-0.25, -0.2) is 0 Å². The van der Waals surface area contributed by atoms with Gasteiger partial charge in [-0.3, -0.25) is 4.79 Å². The highest BCUT2D eigenvalue weighted by Gasteiger charge is 2.60. The second-order valence-corrected chi connectivity index (χ2v) is 11.6. The standard InChI is InChI=1S/C26H36ClNO/c1-25-14-12-22-20(9-11-23-26(22,2)15-13-24(29)28(23)3)21(25)10-6-18(25)16-17-4-7-19(27)8-5-17/h4-5,7-8,18,20-23H,6,9-16H2,1-3H3/t18?,20-,21-,22+,23?,25+,26+/m0/s1. The number of likely N-dealkylation sites (tertiary alicyclic amines) is 1. The number of hydrogen-bond acceptors (Lipinski definition) is 1. The lowest BCUT2D eigenvalue weighted by Crippen LogP contribution is -2.61. The van der Waals surface area contributed by atoms with Crippen LogP contribution >= 0.6 is 11.6 Å². The molecule has 4 aliphatic rings. The number of amides is 1. The Labute approximate surface area is 181 Å². The van der Waals surface area contributed by atoms with E-state index in [-0.39, 0.29) is 0 Å². The molecule has 2 nitrogen and oxygen atoms in total. The van der Waals surface area contributed by atoms with E-state index in [1.807, 2.05) is 12.1 Å². The normalized spacial score (nSPS) is 44.2. The summed E-state index contributed by atoms with van der Waals surface area (Å²) in [6, 6.07) is 9.02. The van der Waals surface area contributed by atoms with E-state index in [1.165, 1.54) is 50.5 Å². The Morgan fingerprint density at radius 3 is 2.45 bits per heavy atom. The lowest BCUT2D eigenvalue weighted by atomic mass is 9.46. The fourth-order valence-electron chi connectivity index (χ4n) is 8.50. The van der Waals surface area contributed by atoms with Crippen LogP contribution in [0.5, 0.6) is 0 Å². The first-order valence-electron chi connectivity index (χ1n) is 11.8. The zero-order valence-electron chi connectivity index (χ0n) is 18.3. The maximum atomic E-state index is 12.3. The maximum Gasteiger partial charge on any atom is 0.222 e. The van der Waals surface area contributed by atoms with Gasteiger partial charge in [-0.1, -0.05) is 37.6 Å². The summed E-state index contributed by atoms with van der Waals surface area (Å²) in [6.07, 6.45) is 11.1. The van der Waals surface area contributed by atoms with E-state index < -0.39 is 0 Å². The number of halogens is 1. The van der Waals surface area contributed by atoms with E-state index in [2.05, 4.69) is 37.9 Å². The van der Waals surface area contributed by atoms with E-state index in [0.29, 0.717) is 22.8 Å². The van der Waals surface area contributed by atoms with E-state index in [0.717, 1.165) is 41.5 Å². The lowest BCUT2D eigenvalue weighted by Gasteiger charge is -2.62. The molecule has 1 amide bonds. The highest BCUT2D eigenvalue weighted by atomic mass is 35.5. The van der Waals surface area contributed by atoms with Crippen molar-refractivity contribution >= 4 is 17.5 Å². The summed E-state index contributed by atoms with van der Waals surface area (Å²) in [4.78, 5) is 14.5. The van der Waals surface area contributed by atoms with Gasteiger partial charge in [0.05, 0.1) is 0 Å². The molecule has 1 aliphatic heterocycles. The molecule has 0 radical (unpaired) electrons. The predicted octanol–water partition coefficient (Wildman–Crippen LogP) is 6.36. The smallest absolute Gasteiger partial charge is 0.222 e. The summed E-state index contributed by atoms with van der Waals surface area (Å²) in [5, 5.41) is 0.839. The van der Waals surface area contributed by atoms with Gasteiger partial charge in [-0.15, -0.1) is 0 Å². The monoisotopic (exact) mass is 413 g/mol. The third-order valence-electron chi connectivity index (χ3n) is 10.1. The number of piperidine rings is 1. The van der Waals surface area contributed by atoms with Crippen LogP contribution in [0.3, 0.4) is 0 Å². The van der Waals surface area contributed by atoms with Crippen LogP contribution in [0.1, 0.15) is 70.8 Å². The number of nitrogens with zero attached hydrogens (tertiary/aromatic N) is 1. The summed E-state index contributed by atoms with van der Waals surface area (Å²) < 4.78 is 0. The van der Waals surface area contributed by atoms with Crippen molar-refractivity contribution in [3.05, 3.63) is 34.9 Å². The Morgan fingerprint density at radius 2 is 1.69 bits per heavy atom. The average molecular weight is 414 g/mol. The molecule has 3 aliphatic carbocycles. The van der Waals surface area contributed by atoms with Gasteiger partial charge in [-0.2, -0.15) is 0 Å². The van der Waals surface area contributed by atoms with Gasteiger partial charge < -0.3 is 4.90 Å². The van der Waals surface area contributed by atoms with Gasteiger partial charge in [0, 0.05) is 24.5 Å². The average Bonchev–Trinajstić information content (AvgIpc) is 3.03. The quantitative estimate of drug-likeness (QED) is 0.552. The molecule has 1 saturated heterocycles. The van der Waals surface area contributed by atoms with Gasteiger partial charge >= 0.3 is 0 Å². The van der Waals surface area contributed by atoms with Gasteiger partial charge in [0.2, 0.25) is 5.91 Å². The van der Waals surface area contributed by atoms with Gasteiger partial charge in [0.1, 0.15) is 0 Å². The number of fused-ring (bicyclic) bond motifs is 5. The molecule has 5 rings (SSSR count). The largest absolute Gasteiger partial charge is 0.342 e. The second kappa shape index (κ2) is 7.01. The zero-order chi connectivity index (χ0) is 20.4. The molecule has 1 aromatic carbocycles. The molecular weight excluding hydrogens is 378 g/mol. The lowest BCUT2D eigenvalue weighted by molar-refractivity contribution is -0.158. The van der Waals surface area contributed by atoms with Crippen LogP contribution in [0.2, 0.25) is 5.02 Å². The number of rotatable bonds is 2. The van der Waals surface area contributed by atoms with E-state index in [1.54, 1.807) is 0 Å². The van der Waals surface area contributed by atoms with Gasteiger partial charge in [0.25, 0.3) is 0 Å². The molecule has 0 spiro atoms. The molecule has 3 heteroatoms. The summed E-state index contributed by atoms with van der Waals surface area (Å²) in [5.41, 5.74) is 2.27. The molecule has 2 unspecified atom stereocenters. The summed E-state index contributed by atoms with van der Waals surface area (Å²) in [6.45, 7) is 5.15. The van der Waals surface area contributed by atoms with Gasteiger partial charge in [-0.05, 0) is 104 Å². The SMILES string of the molecule is CN1C(=O)CC[C@@]2(C)C1CC[C@@H]1[C@H]2CC[C@]2(C)C(Cc3ccc(Cl)cc3)CC[C@@H]12. The Balaban J connectivity index is 1.37. The van der Waals surface area contributed by atoms with Crippen molar-refractivity contribution < 1.29 is 4.79 Å². The number of hydrogen-bond donors (Lipinski definition) is 0. The minimum absolute atomic E-state index is 0.334. The van der Waals surface area contributed by atoms with Crippen molar-refractivity contribution in [2.45, 2.75) is 77.7 Å². The third kappa shape index (κ3) is 2.99. The van der Waals surface area contributed by atoms with Crippen molar-refractivity contribution in [3.63, 3.8) is 0 Å². The summed E-state index contributed by atoms with van der Waals surface area (Å²) in [5.74, 6) is 3.72. The highest BCUT2D eigenvalue weighted by Crippen LogP contribution is 2.66. The molecule has 0 N–H and O–H groups in total. The number of benzene rings is 1. The first-order valence-corrected chi connectivity index (χ1v) is 12.2. The van der Waals surface area contributed by atoms with Crippen LogP contribution in [0.4, 0.5) is 0 Å². The summed E-state index contributed by atoms with van der Waals surface area (Å²) in [7, 11) is 2.06. The number of carbonyl (C=O) groups excluding carboxylic acids is 1. The van der Waals surface area contributed by atoms with Crippen molar-refractivity contribution in [1.82, 2.24) is 4.90 Å². The second-order valence-electron chi connectivity index (χ2n) is 11.1. The maximum absolute atomic E-state index is 12.3. The first kappa shape index (κ1) is 19.9. The van der Waals surface area contributed by atoms with Crippen molar-refractivity contribution in [2.24, 2.45) is 34.5 Å². The zero-order valence-corrected chi connectivity index (χ0v) is 19.0. The van der Waals surface area contributed by atoms with Crippen molar-refractivity contribution in [1.29, 1.82) is 0 Å². The molecule has 4 fully saturated rings. The fraction of sp³-hybridized carbons (Fsp3) is 0.731. The molecule has 158 valence electrons. The Bertz CT molecular complexity index is 790. The minimum atomic E-state index is 0.334. The molecule has 7 atom stereocenters. The Hall–Kier alpha value is -1.02. The molecule has 1 heterocycles. The van der Waals surface area contributed by atoms with Crippen molar-refractivity contribution in [2.75, 3.05) is 7.05 Å². The van der Waals surface area contributed by atoms with E-state index in [4.69, 9.17) is 11.6 Å². The predicted molar refractivity (Wildman–Crippen MR) is 119 cm³/mol. The number of carbonyl (C=O) groups is 1. The summed E-state index contributed by atoms with van der Waals surface area (Å²) >= 11 is 6.11. The minimum Gasteiger partial charge on any atom is -0.342 e. The van der Waals surface area contributed by atoms with Crippen LogP contribution in [0.25, 0.3) is 0 Å². The van der Waals surface area contributed by atoms with Crippen LogP contribution < -0.4 is 0 Å². The van der Waals surface area contributed by atoms with Crippen LogP contribution in [0, 0.1) is 34.5 Å². The van der Waals surface area contributed by atoms with E-state index >= 15 is 0 Å². The molecule has 29 heavy (non-hydrogen) atoms. The van der Waals surface area contributed by atoms with Crippen molar-refractivity contribution in [3.8, 4) is 0 Å². The molecule has 0 aromatic heterocycles. The molecule has 0 bridgehead atoms. The topological polar surface area (TPSA) is 20.3 Å². The molecule has 1 aromatic rings. The van der Waals surface area contributed by atoms with Crippen LogP contribution in [0.15, 0.2) is 24.3 Å². The fourth-order valence-corrected chi connectivity index (χ4v) is 8.63. The third-order valence-corrected chi connectivity index (χ3v) is 10.4. The molecule has 3 saturated carbocycles. The van der Waals surface area contributed by atoms with Crippen LogP contribution in [-0.2, 0) is 11.2 Å². The van der Waals surface area contributed by atoms with Gasteiger partial charge in [0.15, 0.2) is 0 Å². The van der Waals surface area contributed by atoms with Crippen LogP contribution in [-0.4, -0.2) is 23.9 Å². The Kier molecular flexibility index (Phi) is 4.81. The highest BCUT2D eigenvalue weighted by molar-refractivity contribution is 6.30. The molecular formula is C26H36ClNO. The van der Waals surface area contributed by atoms with E-state index in [9.17, 15) is 4.79 Å².